The molecule has 0 aliphatic carbocycles. The highest BCUT2D eigenvalue weighted by Gasteiger charge is 2.19. The fraction of sp³-hybridized carbons (Fsp3) is 0.353. The number of rotatable bonds is 9. The topological polar surface area (TPSA) is 76.4 Å². The Morgan fingerprint density at radius 3 is 2.46 bits per heavy atom. The number of methoxy groups -OCH3 is 3. The van der Waals surface area contributed by atoms with Crippen molar-refractivity contribution in [2.24, 2.45) is 0 Å². The second-order valence-corrected chi connectivity index (χ2v) is 4.79. The van der Waals surface area contributed by atoms with Gasteiger partial charge in [0.15, 0.2) is 13.6 Å². The molecule has 0 saturated heterocycles. The summed E-state index contributed by atoms with van der Waals surface area (Å²) in [6.07, 6.45) is 1.59. The van der Waals surface area contributed by atoms with Gasteiger partial charge in [0.25, 0.3) is 0 Å². The lowest BCUT2D eigenvalue weighted by Crippen LogP contribution is -2.09. The molecule has 1 heterocycles. The minimum Gasteiger partial charge on any atom is -0.469 e. The van der Waals surface area contributed by atoms with E-state index >= 15 is 0 Å². The molecule has 2 aromatic rings. The lowest BCUT2D eigenvalue weighted by Gasteiger charge is -2.16. The van der Waals surface area contributed by atoms with Crippen LogP contribution in [0.4, 0.5) is 0 Å². The van der Waals surface area contributed by atoms with Crippen molar-refractivity contribution in [3.63, 3.8) is 0 Å². The van der Waals surface area contributed by atoms with E-state index < -0.39 is 0 Å². The van der Waals surface area contributed by atoms with E-state index in [4.69, 9.17) is 28.1 Å². The van der Waals surface area contributed by atoms with Crippen LogP contribution in [0.5, 0.6) is 11.5 Å². The minimum atomic E-state index is -0.385. The highest BCUT2D eigenvalue weighted by Crippen LogP contribution is 2.38. The monoisotopic (exact) mass is 336 g/mol. The van der Waals surface area contributed by atoms with Gasteiger partial charge in [-0.2, -0.15) is 0 Å². The summed E-state index contributed by atoms with van der Waals surface area (Å²) in [5.41, 5.74) is 1.30. The number of furan rings is 1. The van der Waals surface area contributed by atoms with Crippen molar-refractivity contribution >= 4 is 5.97 Å². The van der Waals surface area contributed by atoms with E-state index in [-0.39, 0.29) is 26.0 Å². The predicted molar refractivity (Wildman–Crippen MR) is 84.9 cm³/mol. The van der Waals surface area contributed by atoms with E-state index in [1.165, 1.54) is 21.3 Å². The summed E-state index contributed by atoms with van der Waals surface area (Å²) in [4.78, 5) is 11.8. The maximum Gasteiger partial charge on any atom is 0.310 e. The van der Waals surface area contributed by atoms with Crippen molar-refractivity contribution in [3.8, 4) is 22.8 Å². The molecule has 0 amide bonds. The number of hydrogen-bond acceptors (Lipinski definition) is 7. The van der Waals surface area contributed by atoms with Gasteiger partial charge >= 0.3 is 5.97 Å². The van der Waals surface area contributed by atoms with Gasteiger partial charge in [0, 0.05) is 20.3 Å². The Morgan fingerprint density at radius 2 is 1.83 bits per heavy atom. The van der Waals surface area contributed by atoms with Crippen LogP contribution in [0.3, 0.4) is 0 Å². The fourth-order valence-corrected chi connectivity index (χ4v) is 2.16. The third-order valence-corrected chi connectivity index (χ3v) is 3.16. The number of benzene rings is 1. The Morgan fingerprint density at radius 1 is 1.08 bits per heavy atom. The molecule has 7 nitrogen and oxygen atoms in total. The molecular formula is C17H20O7. The normalized spacial score (nSPS) is 10.5. The standard InChI is InChI=1S/C17H20O7/c1-19-10-23-13-7-12(8-16(18)21-3)17(14-5-4-6-22-14)15(9-13)24-11-20-2/h4-7,9H,8,10-11H2,1-3H3. The quantitative estimate of drug-likeness (QED) is 0.514. The summed E-state index contributed by atoms with van der Waals surface area (Å²) in [5.74, 6) is 1.15. The van der Waals surface area contributed by atoms with Crippen LogP contribution in [-0.2, 0) is 25.4 Å². The van der Waals surface area contributed by atoms with Gasteiger partial charge in [-0.3, -0.25) is 4.79 Å². The van der Waals surface area contributed by atoms with Gasteiger partial charge in [0.2, 0.25) is 0 Å². The molecule has 0 atom stereocenters. The molecule has 0 fully saturated rings. The first-order valence-electron chi connectivity index (χ1n) is 7.20. The Balaban J connectivity index is 2.50. The summed E-state index contributed by atoms with van der Waals surface area (Å²) in [5, 5.41) is 0. The average Bonchev–Trinajstić information content (AvgIpc) is 3.11. The molecule has 2 rings (SSSR count). The lowest BCUT2D eigenvalue weighted by molar-refractivity contribution is -0.139. The lowest BCUT2D eigenvalue weighted by atomic mass is 10.0. The van der Waals surface area contributed by atoms with Gasteiger partial charge in [-0.1, -0.05) is 0 Å². The molecule has 0 N–H and O–H groups in total. The first-order valence-corrected chi connectivity index (χ1v) is 7.20. The molecular weight excluding hydrogens is 316 g/mol. The zero-order chi connectivity index (χ0) is 17.4. The molecule has 0 unspecified atom stereocenters. The number of esters is 1. The number of carbonyl (C=O) groups excluding carboxylic acids is 1. The van der Waals surface area contributed by atoms with Crippen LogP contribution in [0.15, 0.2) is 34.9 Å². The third kappa shape index (κ3) is 4.50. The van der Waals surface area contributed by atoms with E-state index in [9.17, 15) is 4.79 Å². The third-order valence-electron chi connectivity index (χ3n) is 3.16. The Hall–Kier alpha value is -2.51. The van der Waals surface area contributed by atoms with E-state index in [2.05, 4.69) is 0 Å². The van der Waals surface area contributed by atoms with Crippen LogP contribution in [0.1, 0.15) is 5.56 Å². The first kappa shape index (κ1) is 17.8. The zero-order valence-electron chi connectivity index (χ0n) is 13.9. The largest absolute Gasteiger partial charge is 0.469 e. The number of carbonyl (C=O) groups is 1. The second-order valence-electron chi connectivity index (χ2n) is 4.79. The van der Waals surface area contributed by atoms with Crippen molar-refractivity contribution in [2.75, 3.05) is 34.9 Å². The fourth-order valence-electron chi connectivity index (χ4n) is 2.16. The van der Waals surface area contributed by atoms with Gasteiger partial charge in [0.1, 0.15) is 17.3 Å². The smallest absolute Gasteiger partial charge is 0.310 e. The highest BCUT2D eigenvalue weighted by atomic mass is 16.7. The van der Waals surface area contributed by atoms with Crippen LogP contribution in [0.2, 0.25) is 0 Å². The molecule has 0 bridgehead atoms. The Labute approximate surface area is 140 Å². The maximum atomic E-state index is 11.8. The highest BCUT2D eigenvalue weighted by molar-refractivity contribution is 5.80. The van der Waals surface area contributed by atoms with Gasteiger partial charge < -0.3 is 28.1 Å². The molecule has 0 saturated carbocycles. The van der Waals surface area contributed by atoms with E-state index in [1.807, 2.05) is 0 Å². The van der Waals surface area contributed by atoms with E-state index in [1.54, 1.807) is 30.5 Å². The van der Waals surface area contributed by atoms with E-state index in [0.29, 0.717) is 28.4 Å². The molecule has 0 spiro atoms. The maximum absolute atomic E-state index is 11.8. The average molecular weight is 336 g/mol. The van der Waals surface area contributed by atoms with Crippen molar-refractivity contribution in [3.05, 3.63) is 36.1 Å². The van der Waals surface area contributed by atoms with Gasteiger partial charge in [0.05, 0.1) is 25.4 Å². The summed E-state index contributed by atoms with van der Waals surface area (Å²) in [7, 11) is 4.38. The second kappa shape index (κ2) is 8.95. The minimum absolute atomic E-state index is 0.0408. The van der Waals surface area contributed by atoms with Gasteiger partial charge in [-0.05, 0) is 23.8 Å². The van der Waals surface area contributed by atoms with Crippen LogP contribution in [0.25, 0.3) is 11.3 Å². The van der Waals surface area contributed by atoms with Gasteiger partial charge in [-0.25, -0.2) is 0 Å². The van der Waals surface area contributed by atoms with Crippen LogP contribution >= 0.6 is 0 Å². The van der Waals surface area contributed by atoms with E-state index in [0.717, 1.165) is 0 Å². The first-order chi connectivity index (χ1) is 11.7. The molecule has 0 aliphatic heterocycles. The summed E-state index contributed by atoms with van der Waals surface area (Å²) in [6.45, 7) is 0.112. The van der Waals surface area contributed by atoms with Crippen LogP contribution < -0.4 is 9.47 Å². The van der Waals surface area contributed by atoms with Crippen molar-refractivity contribution in [1.29, 1.82) is 0 Å². The summed E-state index contributed by atoms with van der Waals surface area (Å²) in [6, 6.07) is 6.96. The van der Waals surface area contributed by atoms with Crippen LogP contribution in [-0.4, -0.2) is 40.9 Å². The Bertz CT molecular complexity index is 649. The molecule has 130 valence electrons. The van der Waals surface area contributed by atoms with Crippen molar-refractivity contribution in [2.45, 2.75) is 6.42 Å². The summed E-state index contributed by atoms with van der Waals surface area (Å²) >= 11 is 0. The molecule has 1 aromatic heterocycles. The summed E-state index contributed by atoms with van der Waals surface area (Å²) < 4.78 is 31.2. The zero-order valence-corrected chi connectivity index (χ0v) is 13.9. The van der Waals surface area contributed by atoms with Crippen molar-refractivity contribution in [1.82, 2.24) is 0 Å². The molecule has 7 heteroatoms. The Kier molecular flexibility index (Phi) is 6.65. The predicted octanol–water partition coefficient (Wildman–Crippen LogP) is 2.63. The number of ether oxygens (including phenoxy) is 5. The molecule has 1 aromatic carbocycles. The van der Waals surface area contributed by atoms with Crippen molar-refractivity contribution < 1.29 is 32.9 Å². The number of hydrogen-bond donors (Lipinski definition) is 0. The molecule has 0 aliphatic rings. The molecule has 24 heavy (non-hydrogen) atoms. The van der Waals surface area contributed by atoms with Gasteiger partial charge in [-0.15, -0.1) is 0 Å². The molecule has 0 radical (unpaired) electrons. The van der Waals surface area contributed by atoms with Crippen LogP contribution in [0, 0.1) is 0 Å². The SMILES string of the molecule is COCOc1cc(CC(=O)OC)c(-c2ccco2)c(OCOC)c1.